The molecule has 3 nitrogen and oxygen atoms in total. The van der Waals surface area contributed by atoms with Crippen LogP contribution in [-0.2, 0) is 9.47 Å². The van der Waals surface area contributed by atoms with E-state index in [2.05, 4.69) is 11.9 Å². The van der Waals surface area contributed by atoms with Gasteiger partial charge in [-0.25, -0.2) is 0 Å². The van der Waals surface area contributed by atoms with Gasteiger partial charge in [0.25, 0.3) is 0 Å². The van der Waals surface area contributed by atoms with Gasteiger partial charge in [-0.05, 0) is 13.0 Å². The molecule has 1 heterocycles. The second kappa shape index (κ2) is 5.30. The Morgan fingerprint density at radius 2 is 2.42 bits per heavy atom. The Kier molecular flexibility index (Phi) is 4.29. The molecule has 0 spiro atoms. The van der Waals surface area contributed by atoms with E-state index in [0.29, 0.717) is 6.61 Å². The molecule has 0 unspecified atom stereocenters. The van der Waals surface area contributed by atoms with Crippen molar-refractivity contribution in [3.05, 3.63) is 12.7 Å². The summed E-state index contributed by atoms with van der Waals surface area (Å²) in [5, 5.41) is 3.27. The van der Waals surface area contributed by atoms with E-state index in [1.54, 1.807) is 13.2 Å². The van der Waals surface area contributed by atoms with Crippen molar-refractivity contribution in [2.75, 3.05) is 26.8 Å². The van der Waals surface area contributed by atoms with E-state index in [1.165, 1.54) is 0 Å². The maximum absolute atomic E-state index is 5.53. The second-order valence-electron chi connectivity index (χ2n) is 2.93. The lowest BCUT2D eigenvalue weighted by Crippen LogP contribution is -2.46. The zero-order chi connectivity index (χ0) is 8.81. The highest BCUT2D eigenvalue weighted by Crippen LogP contribution is 2.10. The quantitative estimate of drug-likeness (QED) is 0.627. The minimum Gasteiger partial charge on any atom is -0.379 e. The average molecular weight is 171 g/mol. The van der Waals surface area contributed by atoms with Crippen molar-refractivity contribution in [2.45, 2.75) is 18.6 Å². The van der Waals surface area contributed by atoms with Crippen molar-refractivity contribution >= 4 is 0 Å². The highest BCUT2D eigenvalue weighted by molar-refractivity contribution is 4.80. The van der Waals surface area contributed by atoms with E-state index < -0.39 is 0 Å². The summed E-state index contributed by atoms with van der Waals surface area (Å²) in [6.45, 7) is 6.11. The fraction of sp³-hybridized carbons (Fsp3) is 0.778. The number of piperidine rings is 1. The smallest absolute Gasteiger partial charge is 0.0965 e. The lowest BCUT2D eigenvalue weighted by molar-refractivity contribution is -0.0608. The summed E-state index contributed by atoms with van der Waals surface area (Å²) in [6.07, 6.45) is 3.22. The summed E-state index contributed by atoms with van der Waals surface area (Å²) in [6, 6.07) is 0. The molecule has 0 radical (unpaired) electrons. The van der Waals surface area contributed by atoms with Crippen LogP contribution in [-0.4, -0.2) is 39.0 Å². The molecule has 0 amide bonds. The Balaban J connectivity index is 2.30. The van der Waals surface area contributed by atoms with E-state index >= 15 is 0 Å². The molecule has 0 aromatic heterocycles. The van der Waals surface area contributed by atoms with Crippen LogP contribution in [0.5, 0.6) is 0 Å². The first kappa shape index (κ1) is 9.71. The van der Waals surface area contributed by atoms with Gasteiger partial charge in [-0.1, -0.05) is 6.08 Å². The van der Waals surface area contributed by atoms with Gasteiger partial charge in [0, 0.05) is 13.7 Å². The molecule has 0 aliphatic carbocycles. The molecular weight excluding hydrogens is 154 g/mol. The predicted molar refractivity (Wildman–Crippen MR) is 48.2 cm³/mol. The lowest BCUT2D eigenvalue weighted by Gasteiger charge is -2.30. The highest BCUT2D eigenvalue weighted by Gasteiger charge is 2.24. The van der Waals surface area contributed by atoms with E-state index in [-0.39, 0.29) is 12.2 Å². The Morgan fingerprint density at radius 3 is 3.08 bits per heavy atom. The van der Waals surface area contributed by atoms with Crippen molar-refractivity contribution in [1.29, 1.82) is 0 Å². The van der Waals surface area contributed by atoms with E-state index in [0.717, 1.165) is 19.5 Å². The molecule has 1 aliphatic heterocycles. The van der Waals surface area contributed by atoms with Gasteiger partial charge in [0.05, 0.1) is 18.8 Å². The van der Waals surface area contributed by atoms with Gasteiger partial charge in [-0.15, -0.1) is 6.58 Å². The van der Waals surface area contributed by atoms with Crippen molar-refractivity contribution in [2.24, 2.45) is 0 Å². The first-order chi connectivity index (χ1) is 5.88. The fourth-order valence-electron chi connectivity index (χ4n) is 1.43. The first-order valence-corrected chi connectivity index (χ1v) is 4.34. The number of ether oxygens (including phenoxy) is 2. The minimum absolute atomic E-state index is 0.182. The maximum atomic E-state index is 5.53. The molecule has 0 bridgehead atoms. The molecular formula is C9H17NO2. The molecule has 1 aliphatic rings. The Labute approximate surface area is 73.7 Å². The maximum Gasteiger partial charge on any atom is 0.0965 e. The van der Waals surface area contributed by atoms with Gasteiger partial charge in [0.1, 0.15) is 0 Å². The molecule has 1 fully saturated rings. The Morgan fingerprint density at radius 1 is 1.58 bits per heavy atom. The normalized spacial score (nSPS) is 30.1. The van der Waals surface area contributed by atoms with E-state index in [4.69, 9.17) is 9.47 Å². The Hall–Kier alpha value is -0.380. The number of rotatable bonds is 4. The number of hydrogen-bond acceptors (Lipinski definition) is 3. The monoisotopic (exact) mass is 171 g/mol. The van der Waals surface area contributed by atoms with Crippen molar-refractivity contribution in [3.8, 4) is 0 Å². The lowest BCUT2D eigenvalue weighted by atomic mass is 10.1. The summed E-state index contributed by atoms with van der Waals surface area (Å²) in [4.78, 5) is 0. The zero-order valence-electron chi connectivity index (χ0n) is 7.58. The van der Waals surface area contributed by atoms with E-state index in [9.17, 15) is 0 Å². The van der Waals surface area contributed by atoms with Crippen LogP contribution in [0.2, 0.25) is 0 Å². The molecule has 1 rings (SSSR count). The van der Waals surface area contributed by atoms with Crippen LogP contribution in [0, 0.1) is 0 Å². The van der Waals surface area contributed by atoms with Crippen LogP contribution in [0.25, 0.3) is 0 Å². The second-order valence-corrected chi connectivity index (χ2v) is 2.93. The molecule has 0 saturated carbocycles. The third kappa shape index (κ3) is 2.59. The number of nitrogens with one attached hydrogen (secondary N) is 1. The van der Waals surface area contributed by atoms with Crippen molar-refractivity contribution in [1.82, 2.24) is 5.32 Å². The third-order valence-electron chi connectivity index (χ3n) is 2.10. The van der Waals surface area contributed by atoms with Crippen LogP contribution in [0.15, 0.2) is 12.7 Å². The van der Waals surface area contributed by atoms with Crippen molar-refractivity contribution < 1.29 is 9.47 Å². The van der Waals surface area contributed by atoms with Gasteiger partial charge in [-0.2, -0.15) is 0 Å². The van der Waals surface area contributed by atoms with Gasteiger partial charge in [0.15, 0.2) is 0 Å². The van der Waals surface area contributed by atoms with E-state index in [1.807, 2.05) is 0 Å². The molecule has 70 valence electrons. The van der Waals surface area contributed by atoms with Gasteiger partial charge in [0.2, 0.25) is 0 Å². The van der Waals surface area contributed by atoms with Crippen LogP contribution in [0.4, 0.5) is 0 Å². The number of methoxy groups -OCH3 is 1. The Bertz CT molecular complexity index is 138. The molecule has 12 heavy (non-hydrogen) atoms. The van der Waals surface area contributed by atoms with Gasteiger partial charge in [-0.3, -0.25) is 0 Å². The first-order valence-electron chi connectivity index (χ1n) is 4.34. The summed E-state index contributed by atoms with van der Waals surface area (Å²) in [5.41, 5.74) is 0. The highest BCUT2D eigenvalue weighted by atomic mass is 16.5. The van der Waals surface area contributed by atoms with Gasteiger partial charge >= 0.3 is 0 Å². The van der Waals surface area contributed by atoms with Crippen LogP contribution < -0.4 is 5.32 Å². The topological polar surface area (TPSA) is 30.5 Å². The van der Waals surface area contributed by atoms with Crippen LogP contribution in [0.3, 0.4) is 0 Å². The molecule has 3 heteroatoms. The summed E-state index contributed by atoms with van der Waals surface area (Å²) in [7, 11) is 1.74. The standard InChI is InChI=1S/C9H17NO2/c1-3-6-12-9-7-10-5-4-8(9)11-2/h3,8-10H,1,4-7H2,2H3/t8-,9+/m0/s1. The third-order valence-corrected chi connectivity index (χ3v) is 2.10. The predicted octanol–water partition coefficient (Wildman–Crippen LogP) is 0.566. The fourth-order valence-corrected chi connectivity index (χ4v) is 1.43. The average Bonchev–Trinajstić information content (AvgIpc) is 2.15. The summed E-state index contributed by atoms with van der Waals surface area (Å²) >= 11 is 0. The summed E-state index contributed by atoms with van der Waals surface area (Å²) < 4.78 is 10.8. The summed E-state index contributed by atoms with van der Waals surface area (Å²) in [5.74, 6) is 0. The largest absolute Gasteiger partial charge is 0.379 e. The molecule has 1 saturated heterocycles. The number of hydrogen-bond donors (Lipinski definition) is 1. The molecule has 0 aromatic carbocycles. The minimum atomic E-state index is 0.182. The van der Waals surface area contributed by atoms with Crippen LogP contribution >= 0.6 is 0 Å². The zero-order valence-corrected chi connectivity index (χ0v) is 7.58. The molecule has 0 aromatic rings. The molecule has 1 N–H and O–H groups in total. The van der Waals surface area contributed by atoms with Gasteiger partial charge < -0.3 is 14.8 Å². The SMILES string of the molecule is C=CCO[C@@H]1CNCC[C@@H]1OC. The molecule has 2 atom stereocenters. The van der Waals surface area contributed by atoms with Crippen LogP contribution in [0.1, 0.15) is 6.42 Å². The van der Waals surface area contributed by atoms with Crippen molar-refractivity contribution in [3.63, 3.8) is 0 Å².